The monoisotopic (exact) mass is 266 g/mol. The Morgan fingerprint density at radius 1 is 1.20 bits per heavy atom. The van der Waals surface area contributed by atoms with Gasteiger partial charge in [-0.05, 0) is 34.1 Å². The first-order valence-corrected chi connectivity index (χ1v) is 4.94. The summed E-state index contributed by atoms with van der Waals surface area (Å²) >= 11 is 3.12. The van der Waals surface area contributed by atoms with Crippen LogP contribution in [0.3, 0.4) is 0 Å². The average Bonchev–Trinajstić information content (AvgIpc) is 2.25. The number of pyridine rings is 1. The fourth-order valence-corrected chi connectivity index (χ4v) is 1.30. The Bertz CT molecular complexity index is 463. The summed E-state index contributed by atoms with van der Waals surface area (Å²) in [4.78, 5) is 12.0. The van der Waals surface area contributed by atoms with E-state index < -0.39 is 0 Å². The lowest BCUT2D eigenvalue weighted by molar-refractivity contribution is 0.469. The zero-order chi connectivity index (χ0) is 10.7. The van der Waals surface area contributed by atoms with Crippen molar-refractivity contribution in [1.29, 1.82) is 0 Å². The number of anilines is 2. The average molecular weight is 267 g/mol. The van der Waals surface area contributed by atoms with E-state index >= 15 is 0 Å². The summed E-state index contributed by atoms with van der Waals surface area (Å²) in [6.07, 6.45) is 3.26. The standard InChI is InChI=1S/C9H7BrN4O/c10-8-6(15)2-3-7(13-8)14-9-11-4-1-5-12-9/h1-5,15H,(H,11,12,13,14). The van der Waals surface area contributed by atoms with Crippen molar-refractivity contribution >= 4 is 27.7 Å². The molecule has 0 unspecified atom stereocenters. The first-order valence-electron chi connectivity index (χ1n) is 4.15. The number of nitrogens with one attached hydrogen (secondary N) is 1. The number of nitrogens with zero attached hydrogens (tertiary/aromatic N) is 3. The van der Waals surface area contributed by atoms with Crippen molar-refractivity contribution < 1.29 is 5.11 Å². The van der Waals surface area contributed by atoms with Crippen LogP contribution >= 0.6 is 15.9 Å². The van der Waals surface area contributed by atoms with Gasteiger partial charge in [0.05, 0.1) is 0 Å². The van der Waals surface area contributed by atoms with Gasteiger partial charge in [0.2, 0.25) is 5.95 Å². The van der Waals surface area contributed by atoms with Gasteiger partial charge in [0.25, 0.3) is 0 Å². The minimum Gasteiger partial charge on any atom is -0.505 e. The zero-order valence-electron chi connectivity index (χ0n) is 7.55. The van der Waals surface area contributed by atoms with E-state index in [9.17, 15) is 5.11 Å². The molecule has 0 bridgehead atoms. The lowest BCUT2D eigenvalue weighted by Crippen LogP contribution is -1.97. The molecule has 0 saturated carbocycles. The van der Waals surface area contributed by atoms with Gasteiger partial charge in [0.1, 0.15) is 16.2 Å². The van der Waals surface area contributed by atoms with Crippen LogP contribution in [0, 0.1) is 0 Å². The van der Waals surface area contributed by atoms with Gasteiger partial charge in [-0.3, -0.25) is 0 Å². The Kier molecular flexibility index (Phi) is 2.77. The predicted molar refractivity (Wildman–Crippen MR) is 58.9 cm³/mol. The fourth-order valence-electron chi connectivity index (χ4n) is 0.975. The second-order valence-corrected chi connectivity index (χ2v) is 3.45. The number of aromatic nitrogens is 3. The van der Waals surface area contributed by atoms with Crippen molar-refractivity contribution in [1.82, 2.24) is 15.0 Å². The largest absolute Gasteiger partial charge is 0.505 e. The molecule has 15 heavy (non-hydrogen) atoms. The third kappa shape index (κ3) is 2.41. The SMILES string of the molecule is Oc1ccc(Nc2ncccn2)nc1Br. The molecule has 2 heterocycles. The molecule has 0 atom stereocenters. The third-order valence-electron chi connectivity index (χ3n) is 1.63. The number of rotatable bonds is 2. The third-order valence-corrected chi connectivity index (χ3v) is 2.22. The van der Waals surface area contributed by atoms with E-state index in [1.54, 1.807) is 24.5 Å². The maximum atomic E-state index is 9.24. The van der Waals surface area contributed by atoms with E-state index in [1.807, 2.05) is 0 Å². The molecule has 0 aliphatic heterocycles. The van der Waals surface area contributed by atoms with Crippen molar-refractivity contribution in [3.63, 3.8) is 0 Å². The summed E-state index contributed by atoms with van der Waals surface area (Å²) < 4.78 is 0.378. The maximum absolute atomic E-state index is 9.24. The van der Waals surface area contributed by atoms with Gasteiger partial charge < -0.3 is 10.4 Å². The highest BCUT2D eigenvalue weighted by molar-refractivity contribution is 9.10. The smallest absolute Gasteiger partial charge is 0.228 e. The van der Waals surface area contributed by atoms with E-state index in [2.05, 4.69) is 36.2 Å². The summed E-state index contributed by atoms with van der Waals surface area (Å²) in [6.45, 7) is 0. The highest BCUT2D eigenvalue weighted by Gasteiger charge is 2.02. The number of hydrogen-bond acceptors (Lipinski definition) is 5. The lowest BCUT2D eigenvalue weighted by atomic mass is 10.4. The molecule has 6 heteroatoms. The van der Waals surface area contributed by atoms with Gasteiger partial charge >= 0.3 is 0 Å². The van der Waals surface area contributed by atoms with Crippen LogP contribution in [0.15, 0.2) is 35.2 Å². The summed E-state index contributed by atoms with van der Waals surface area (Å²) in [6, 6.07) is 4.89. The molecule has 0 aromatic carbocycles. The van der Waals surface area contributed by atoms with Crippen LogP contribution in [-0.4, -0.2) is 20.1 Å². The normalized spacial score (nSPS) is 9.93. The van der Waals surface area contributed by atoms with Crippen LogP contribution in [0.25, 0.3) is 0 Å². The molecule has 0 saturated heterocycles. The number of halogens is 1. The number of aromatic hydroxyl groups is 1. The minimum absolute atomic E-state index is 0.0922. The topological polar surface area (TPSA) is 70.9 Å². The molecular weight excluding hydrogens is 260 g/mol. The first kappa shape index (κ1) is 9.85. The molecule has 2 N–H and O–H groups in total. The van der Waals surface area contributed by atoms with Crippen LogP contribution in [0.4, 0.5) is 11.8 Å². The first-order chi connectivity index (χ1) is 7.25. The minimum atomic E-state index is 0.0922. The molecule has 76 valence electrons. The molecule has 0 fully saturated rings. The highest BCUT2D eigenvalue weighted by atomic mass is 79.9. The summed E-state index contributed by atoms with van der Waals surface area (Å²) in [5, 5.41) is 12.1. The van der Waals surface area contributed by atoms with Crippen LogP contribution in [0.2, 0.25) is 0 Å². The van der Waals surface area contributed by atoms with Crippen LogP contribution < -0.4 is 5.32 Å². The molecule has 2 aromatic heterocycles. The van der Waals surface area contributed by atoms with Gasteiger partial charge in [-0.2, -0.15) is 0 Å². The number of hydrogen-bond donors (Lipinski definition) is 2. The molecule has 0 radical (unpaired) electrons. The van der Waals surface area contributed by atoms with E-state index in [4.69, 9.17) is 0 Å². The van der Waals surface area contributed by atoms with Gasteiger partial charge in [-0.15, -0.1) is 0 Å². The molecule has 0 spiro atoms. The van der Waals surface area contributed by atoms with Gasteiger partial charge in [-0.25, -0.2) is 15.0 Å². The molecule has 2 aromatic rings. The van der Waals surface area contributed by atoms with Gasteiger partial charge in [-0.1, -0.05) is 0 Å². The molecule has 0 amide bonds. The Labute approximate surface area is 94.4 Å². The lowest BCUT2D eigenvalue weighted by Gasteiger charge is -2.03. The Morgan fingerprint density at radius 3 is 2.60 bits per heavy atom. The van der Waals surface area contributed by atoms with Crippen LogP contribution in [-0.2, 0) is 0 Å². The molecule has 2 rings (SSSR count). The van der Waals surface area contributed by atoms with Crippen molar-refractivity contribution in [2.75, 3.05) is 5.32 Å². The summed E-state index contributed by atoms with van der Waals surface area (Å²) in [5.41, 5.74) is 0. The van der Waals surface area contributed by atoms with E-state index in [0.717, 1.165) is 0 Å². The second kappa shape index (κ2) is 4.22. The van der Waals surface area contributed by atoms with Crippen molar-refractivity contribution in [3.05, 3.63) is 35.2 Å². The van der Waals surface area contributed by atoms with E-state index in [1.165, 1.54) is 6.07 Å². The fraction of sp³-hybridized carbons (Fsp3) is 0. The van der Waals surface area contributed by atoms with Crippen molar-refractivity contribution in [2.24, 2.45) is 0 Å². The summed E-state index contributed by atoms with van der Waals surface area (Å²) in [7, 11) is 0. The van der Waals surface area contributed by atoms with E-state index in [-0.39, 0.29) is 5.75 Å². The van der Waals surface area contributed by atoms with Crippen molar-refractivity contribution in [3.8, 4) is 5.75 Å². The van der Waals surface area contributed by atoms with Crippen LogP contribution in [0.1, 0.15) is 0 Å². The Balaban J connectivity index is 2.22. The maximum Gasteiger partial charge on any atom is 0.228 e. The second-order valence-electron chi connectivity index (χ2n) is 2.70. The van der Waals surface area contributed by atoms with E-state index in [0.29, 0.717) is 16.4 Å². The Morgan fingerprint density at radius 2 is 1.93 bits per heavy atom. The predicted octanol–water partition coefficient (Wildman–Crippen LogP) is 2.08. The molecule has 0 aliphatic rings. The van der Waals surface area contributed by atoms with Crippen LogP contribution in [0.5, 0.6) is 5.75 Å². The van der Waals surface area contributed by atoms with Gasteiger partial charge in [0.15, 0.2) is 0 Å². The van der Waals surface area contributed by atoms with Crippen molar-refractivity contribution in [2.45, 2.75) is 0 Å². The highest BCUT2D eigenvalue weighted by Crippen LogP contribution is 2.23. The quantitative estimate of drug-likeness (QED) is 0.815. The van der Waals surface area contributed by atoms with Gasteiger partial charge in [0, 0.05) is 12.4 Å². The molecule has 0 aliphatic carbocycles. The molecule has 5 nitrogen and oxygen atoms in total. The summed E-state index contributed by atoms with van der Waals surface area (Å²) in [5.74, 6) is 1.11. The Hall–Kier alpha value is -1.69. The molecular formula is C9H7BrN4O. The zero-order valence-corrected chi connectivity index (χ0v) is 9.14.